The zero-order valence-electron chi connectivity index (χ0n) is 11.7. The first-order valence-electron chi connectivity index (χ1n) is 7.11. The first kappa shape index (κ1) is 17.4. The number of aliphatic hydroxyl groups is 2. The molecule has 0 saturated carbocycles. The quantitative estimate of drug-likeness (QED) is 0.340. The van der Waals surface area contributed by atoms with E-state index in [0.29, 0.717) is 6.42 Å². The third-order valence-corrected chi connectivity index (χ3v) is 2.97. The topological polar surface area (TPSA) is 66.8 Å². The van der Waals surface area contributed by atoms with Crippen molar-refractivity contribution in [1.29, 1.82) is 0 Å². The third-order valence-electron chi connectivity index (χ3n) is 2.97. The van der Waals surface area contributed by atoms with Crippen LogP contribution in [0.1, 0.15) is 71.6 Å². The molecule has 0 aliphatic heterocycles. The van der Waals surface area contributed by atoms with E-state index in [2.05, 4.69) is 11.7 Å². The molecule has 0 bridgehead atoms. The Morgan fingerprint density at radius 2 is 1.50 bits per heavy atom. The smallest absolute Gasteiger partial charge is 0.305 e. The van der Waals surface area contributed by atoms with Gasteiger partial charge in [-0.3, -0.25) is 4.79 Å². The molecule has 108 valence electrons. The summed E-state index contributed by atoms with van der Waals surface area (Å²) in [4.78, 5) is 10.6. The maximum absolute atomic E-state index is 10.6. The number of hydrogen-bond acceptors (Lipinski definition) is 4. The Labute approximate surface area is 110 Å². The Bertz CT molecular complexity index is 206. The summed E-state index contributed by atoms with van der Waals surface area (Å²) >= 11 is 0. The summed E-state index contributed by atoms with van der Waals surface area (Å²) in [6.45, 7) is 3.42. The summed E-state index contributed by atoms with van der Waals surface area (Å²) < 4.78 is 4.50. The molecule has 0 aliphatic rings. The van der Waals surface area contributed by atoms with Gasteiger partial charge in [-0.25, -0.2) is 0 Å². The van der Waals surface area contributed by atoms with E-state index in [1.165, 1.54) is 45.4 Å². The number of ether oxygens (including phenoxy) is 1. The molecule has 0 aliphatic carbocycles. The van der Waals surface area contributed by atoms with Crippen molar-refractivity contribution >= 4 is 5.97 Å². The second kappa shape index (κ2) is 11.5. The fourth-order valence-electron chi connectivity index (χ4n) is 1.88. The summed E-state index contributed by atoms with van der Waals surface area (Å²) in [5.74, 6) is -0.572. The van der Waals surface area contributed by atoms with E-state index in [4.69, 9.17) is 0 Å². The van der Waals surface area contributed by atoms with E-state index in [1.54, 1.807) is 0 Å². The van der Waals surface area contributed by atoms with E-state index in [-0.39, 0.29) is 0 Å². The molecule has 4 nitrogen and oxygen atoms in total. The van der Waals surface area contributed by atoms with Crippen LogP contribution in [0.15, 0.2) is 0 Å². The lowest BCUT2D eigenvalue weighted by Gasteiger charge is -2.16. The monoisotopic (exact) mass is 260 g/mol. The summed E-state index contributed by atoms with van der Waals surface area (Å²) in [6, 6.07) is 0. The highest BCUT2D eigenvalue weighted by Gasteiger charge is 2.18. The van der Waals surface area contributed by atoms with Crippen LogP contribution in [0.2, 0.25) is 0 Å². The largest absolute Gasteiger partial charge is 0.433 e. The van der Waals surface area contributed by atoms with Crippen LogP contribution in [0.4, 0.5) is 0 Å². The molecule has 0 aromatic heterocycles. The van der Waals surface area contributed by atoms with Crippen molar-refractivity contribution in [3.8, 4) is 0 Å². The molecule has 0 aromatic rings. The minimum Gasteiger partial charge on any atom is -0.433 e. The van der Waals surface area contributed by atoms with Crippen molar-refractivity contribution in [2.75, 3.05) is 0 Å². The molecule has 0 aromatic carbocycles. The Balaban J connectivity index is 3.34. The van der Waals surface area contributed by atoms with Crippen LogP contribution >= 0.6 is 0 Å². The Morgan fingerprint density at radius 1 is 1.00 bits per heavy atom. The fourth-order valence-corrected chi connectivity index (χ4v) is 1.88. The highest BCUT2D eigenvalue weighted by atomic mass is 16.6. The van der Waals surface area contributed by atoms with Crippen molar-refractivity contribution in [1.82, 2.24) is 0 Å². The average Bonchev–Trinajstić information content (AvgIpc) is 2.31. The van der Waals surface area contributed by atoms with Gasteiger partial charge in [-0.2, -0.15) is 0 Å². The van der Waals surface area contributed by atoms with Gasteiger partial charge in [0.2, 0.25) is 6.29 Å². The van der Waals surface area contributed by atoms with Gasteiger partial charge in [0.05, 0.1) is 0 Å². The number of aliphatic hydroxyl groups excluding tert-OH is 2. The van der Waals surface area contributed by atoms with Crippen molar-refractivity contribution in [2.45, 2.75) is 84.0 Å². The first-order chi connectivity index (χ1) is 8.57. The zero-order valence-corrected chi connectivity index (χ0v) is 11.7. The van der Waals surface area contributed by atoms with Crippen LogP contribution in [-0.4, -0.2) is 28.6 Å². The van der Waals surface area contributed by atoms with Gasteiger partial charge in [-0.05, 0) is 6.42 Å². The van der Waals surface area contributed by atoms with Gasteiger partial charge in [0, 0.05) is 6.92 Å². The maximum Gasteiger partial charge on any atom is 0.305 e. The van der Waals surface area contributed by atoms with Gasteiger partial charge < -0.3 is 14.9 Å². The molecule has 0 radical (unpaired) electrons. The van der Waals surface area contributed by atoms with Crippen molar-refractivity contribution in [3.63, 3.8) is 0 Å². The number of unbranched alkanes of at least 4 members (excludes halogenated alkanes) is 7. The molecule has 0 spiro atoms. The Morgan fingerprint density at radius 3 is 2.00 bits per heavy atom. The van der Waals surface area contributed by atoms with Gasteiger partial charge in [0.1, 0.15) is 6.10 Å². The van der Waals surface area contributed by atoms with Gasteiger partial charge in [-0.1, -0.05) is 58.3 Å². The molecular formula is C14H28O4. The first-order valence-corrected chi connectivity index (χ1v) is 7.11. The molecule has 0 fully saturated rings. The van der Waals surface area contributed by atoms with Crippen LogP contribution in [0.3, 0.4) is 0 Å². The molecule has 0 heterocycles. The van der Waals surface area contributed by atoms with Crippen molar-refractivity contribution < 1.29 is 19.7 Å². The standard InChI is InChI=1S/C14H28O4/c1-3-4-5-6-7-8-9-10-11-13(16)14(17)18-12(2)15/h13-14,16-17H,3-11H2,1-2H3. The van der Waals surface area contributed by atoms with Crippen LogP contribution in [-0.2, 0) is 9.53 Å². The number of hydrogen-bond donors (Lipinski definition) is 2. The summed E-state index contributed by atoms with van der Waals surface area (Å²) in [6.07, 6.45) is 7.61. The zero-order chi connectivity index (χ0) is 13.8. The summed E-state index contributed by atoms with van der Waals surface area (Å²) in [5, 5.41) is 18.8. The molecule has 0 rings (SSSR count). The molecule has 0 amide bonds. The SMILES string of the molecule is CCCCCCCCCCC(O)C(O)OC(C)=O. The molecular weight excluding hydrogens is 232 g/mol. The van der Waals surface area contributed by atoms with Crippen molar-refractivity contribution in [3.05, 3.63) is 0 Å². The number of esters is 1. The maximum atomic E-state index is 10.6. The van der Waals surface area contributed by atoms with E-state index < -0.39 is 18.4 Å². The molecule has 18 heavy (non-hydrogen) atoms. The lowest BCUT2D eigenvalue weighted by atomic mass is 10.1. The summed E-state index contributed by atoms with van der Waals surface area (Å²) in [5.41, 5.74) is 0. The number of carbonyl (C=O) groups excluding carboxylic acids is 1. The molecule has 2 atom stereocenters. The summed E-state index contributed by atoms with van der Waals surface area (Å²) in [7, 11) is 0. The van der Waals surface area contributed by atoms with E-state index in [9.17, 15) is 15.0 Å². The average molecular weight is 260 g/mol. The molecule has 4 heteroatoms. The Hall–Kier alpha value is -0.610. The Kier molecular flexibility index (Phi) is 11.1. The molecule has 2 unspecified atom stereocenters. The highest BCUT2D eigenvalue weighted by Crippen LogP contribution is 2.12. The van der Waals surface area contributed by atoms with Crippen LogP contribution in [0, 0.1) is 0 Å². The van der Waals surface area contributed by atoms with Crippen molar-refractivity contribution in [2.24, 2.45) is 0 Å². The second-order valence-corrected chi connectivity index (χ2v) is 4.83. The number of rotatable bonds is 11. The lowest BCUT2D eigenvalue weighted by molar-refractivity contribution is -0.185. The molecule has 2 N–H and O–H groups in total. The minimum absolute atomic E-state index is 0.476. The van der Waals surface area contributed by atoms with Gasteiger partial charge in [0.15, 0.2) is 0 Å². The predicted octanol–water partition coefficient (Wildman–Crippen LogP) is 2.76. The number of carbonyl (C=O) groups is 1. The van der Waals surface area contributed by atoms with Crippen LogP contribution < -0.4 is 0 Å². The highest BCUT2D eigenvalue weighted by molar-refractivity contribution is 5.66. The van der Waals surface area contributed by atoms with Gasteiger partial charge in [-0.15, -0.1) is 0 Å². The lowest BCUT2D eigenvalue weighted by Crippen LogP contribution is -2.30. The van der Waals surface area contributed by atoms with Crippen LogP contribution in [0.5, 0.6) is 0 Å². The van der Waals surface area contributed by atoms with Gasteiger partial charge >= 0.3 is 5.97 Å². The van der Waals surface area contributed by atoms with E-state index in [0.717, 1.165) is 12.8 Å². The predicted molar refractivity (Wildman–Crippen MR) is 71.0 cm³/mol. The third kappa shape index (κ3) is 10.5. The normalized spacial score (nSPS) is 14.2. The van der Waals surface area contributed by atoms with Gasteiger partial charge in [0.25, 0.3) is 0 Å². The second-order valence-electron chi connectivity index (χ2n) is 4.83. The van der Waals surface area contributed by atoms with E-state index >= 15 is 0 Å². The van der Waals surface area contributed by atoms with E-state index in [1.807, 2.05) is 0 Å². The van der Waals surface area contributed by atoms with Crippen LogP contribution in [0.25, 0.3) is 0 Å². The minimum atomic E-state index is -1.38. The fraction of sp³-hybridized carbons (Fsp3) is 0.929. The molecule has 0 saturated heterocycles.